The highest BCUT2D eigenvalue weighted by atomic mass is 16.5. The van der Waals surface area contributed by atoms with Gasteiger partial charge in [-0.3, -0.25) is 9.59 Å². The van der Waals surface area contributed by atoms with Gasteiger partial charge in [0, 0.05) is 31.4 Å². The van der Waals surface area contributed by atoms with Crippen molar-refractivity contribution in [2.24, 2.45) is 0 Å². The van der Waals surface area contributed by atoms with Gasteiger partial charge >= 0.3 is 0 Å². The second-order valence-electron chi connectivity index (χ2n) is 8.39. The molecule has 178 valence electrons. The van der Waals surface area contributed by atoms with E-state index in [-0.39, 0.29) is 23.2 Å². The van der Waals surface area contributed by atoms with E-state index in [1.807, 2.05) is 43.4 Å². The lowest BCUT2D eigenvalue weighted by Gasteiger charge is -2.29. The summed E-state index contributed by atoms with van der Waals surface area (Å²) in [6.07, 6.45) is 2.83. The van der Waals surface area contributed by atoms with Crippen LogP contribution in [0, 0.1) is 0 Å². The Morgan fingerprint density at radius 1 is 1.03 bits per heavy atom. The molecule has 1 saturated heterocycles. The number of aldehydes is 1. The molecule has 3 aromatic carbocycles. The van der Waals surface area contributed by atoms with Crippen molar-refractivity contribution in [2.45, 2.75) is 25.9 Å². The van der Waals surface area contributed by atoms with Crippen molar-refractivity contribution in [1.82, 2.24) is 4.90 Å². The summed E-state index contributed by atoms with van der Waals surface area (Å²) in [7, 11) is 3.93. The number of hydrogen-bond acceptors (Lipinski definition) is 6. The highest BCUT2D eigenvalue weighted by molar-refractivity contribution is 6.00. The summed E-state index contributed by atoms with van der Waals surface area (Å²) < 4.78 is 5.80. The van der Waals surface area contributed by atoms with Crippen molar-refractivity contribution in [3.8, 4) is 22.6 Å². The van der Waals surface area contributed by atoms with Crippen molar-refractivity contribution in [2.75, 3.05) is 32.5 Å². The summed E-state index contributed by atoms with van der Waals surface area (Å²) >= 11 is 0. The number of phenols is 1. The van der Waals surface area contributed by atoms with E-state index < -0.39 is 0 Å². The van der Waals surface area contributed by atoms with Crippen molar-refractivity contribution in [3.05, 3.63) is 77.9 Å². The number of likely N-dealkylation sites (tertiary alicyclic amines) is 1. The molecule has 0 atom stereocenters. The van der Waals surface area contributed by atoms with Crippen LogP contribution >= 0.6 is 0 Å². The van der Waals surface area contributed by atoms with Gasteiger partial charge < -0.3 is 20.1 Å². The number of nitrogens with one attached hydrogen (secondary N) is 1. The van der Waals surface area contributed by atoms with Gasteiger partial charge in [0.05, 0.1) is 5.56 Å². The van der Waals surface area contributed by atoms with Gasteiger partial charge in [-0.15, -0.1) is 0 Å². The minimum absolute atomic E-state index is 0.00396. The molecule has 6 heteroatoms. The number of phenolic OH excluding ortho intramolecular Hbond substituents is 1. The topological polar surface area (TPSA) is 78.9 Å². The first-order valence-corrected chi connectivity index (χ1v) is 11.4. The molecule has 0 aliphatic carbocycles. The fraction of sp³-hybridized carbons (Fsp3) is 0.286. The largest absolute Gasteiger partial charge is 0.507 e. The molecule has 4 rings (SSSR count). The van der Waals surface area contributed by atoms with Gasteiger partial charge in [0.1, 0.15) is 17.6 Å². The Hall–Kier alpha value is -3.64. The minimum atomic E-state index is -0.00396. The van der Waals surface area contributed by atoms with Crippen molar-refractivity contribution in [3.63, 3.8) is 0 Å². The molecule has 0 bridgehead atoms. The van der Waals surface area contributed by atoms with Gasteiger partial charge in [0.15, 0.2) is 12.1 Å². The van der Waals surface area contributed by atoms with Crippen molar-refractivity contribution >= 4 is 17.8 Å². The van der Waals surface area contributed by atoms with Crippen LogP contribution in [0.2, 0.25) is 0 Å². The average molecular weight is 461 g/mol. The monoisotopic (exact) mass is 460 g/mol. The number of nitrogens with zero attached hydrogens (tertiary/aromatic N) is 1. The smallest absolute Gasteiger partial charge is 0.161 e. The molecule has 0 saturated carbocycles. The Bertz CT molecular complexity index is 1110. The van der Waals surface area contributed by atoms with Gasteiger partial charge in [0.2, 0.25) is 0 Å². The number of piperidine rings is 1. The Kier molecular flexibility index (Phi) is 8.82. The standard InChI is InChI=1S/C15H15NO.C13H17NO3/c1-11(17)14-9-8-13(10-15(14)16-2)12-6-4-3-5-7-12;1-14-6-4-11(5-7-14)17-12-2-3-13(16)10(8-12)9-15/h3-10,16H,1-2H3;2-3,8-9,11,16H,4-7H2,1H3. The van der Waals surface area contributed by atoms with Crippen LogP contribution in [0.4, 0.5) is 5.69 Å². The van der Waals surface area contributed by atoms with Crippen LogP contribution < -0.4 is 10.1 Å². The van der Waals surface area contributed by atoms with Gasteiger partial charge in [-0.1, -0.05) is 36.4 Å². The van der Waals surface area contributed by atoms with Crippen LogP contribution in [-0.4, -0.2) is 55.4 Å². The van der Waals surface area contributed by atoms with E-state index in [9.17, 15) is 14.7 Å². The normalized spacial score (nSPS) is 14.0. The summed E-state index contributed by atoms with van der Waals surface area (Å²) in [6, 6.07) is 20.8. The predicted molar refractivity (Wildman–Crippen MR) is 136 cm³/mol. The van der Waals surface area contributed by atoms with E-state index in [0.717, 1.165) is 48.3 Å². The zero-order chi connectivity index (χ0) is 24.5. The van der Waals surface area contributed by atoms with Crippen LogP contribution in [0.25, 0.3) is 11.1 Å². The second kappa shape index (κ2) is 12.0. The molecule has 6 nitrogen and oxygen atoms in total. The summed E-state index contributed by atoms with van der Waals surface area (Å²) in [4.78, 5) is 24.4. The number of aromatic hydroxyl groups is 1. The number of carbonyl (C=O) groups excluding carboxylic acids is 2. The maximum absolute atomic E-state index is 11.4. The number of benzene rings is 3. The number of hydrogen-bond donors (Lipinski definition) is 2. The number of Topliss-reactive ketones (excluding diaryl/α,β-unsaturated/α-hetero) is 1. The molecule has 3 aromatic rings. The van der Waals surface area contributed by atoms with Crippen LogP contribution in [0.3, 0.4) is 0 Å². The third kappa shape index (κ3) is 6.68. The first-order valence-electron chi connectivity index (χ1n) is 11.4. The molecule has 2 N–H and O–H groups in total. The number of ether oxygens (including phenoxy) is 1. The Balaban J connectivity index is 0.000000191. The van der Waals surface area contributed by atoms with Crippen LogP contribution in [0.15, 0.2) is 66.7 Å². The Labute approximate surface area is 201 Å². The first-order chi connectivity index (χ1) is 16.4. The fourth-order valence-corrected chi connectivity index (χ4v) is 3.86. The minimum Gasteiger partial charge on any atom is -0.507 e. The summed E-state index contributed by atoms with van der Waals surface area (Å²) in [5.41, 5.74) is 4.14. The molecule has 0 radical (unpaired) electrons. The van der Waals surface area contributed by atoms with Gasteiger partial charge in [-0.05, 0) is 68.3 Å². The molecule has 0 spiro atoms. The van der Waals surface area contributed by atoms with Crippen LogP contribution in [-0.2, 0) is 0 Å². The molecule has 1 aliphatic heterocycles. The fourth-order valence-electron chi connectivity index (χ4n) is 3.86. The lowest BCUT2D eigenvalue weighted by Crippen LogP contribution is -2.35. The summed E-state index contributed by atoms with van der Waals surface area (Å²) in [6.45, 7) is 3.64. The van der Waals surface area contributed by atoms with E-state index >= 15 is 0 Å². The summed E-state index contributed by atoms with van der Waals surface area (Å²) in [5, 5.41) is 12.4. The van der Waals surface area contributed by atoms with E-state index in [1.54, 1.807) is 19.1 Å². The predicted octanol–water partition coefficient (Wildman–Crippen LogP) is 5.28. The Morgan fingerprint density at radius 2 is 1.74 bits per heavy atom. The van der Waals surface area contributed by atoms with E-state index in [1.165, 1.54) is 6.07 Å². The second-order valence-corrected chi connectivity index (χ2v) is 8.39. The number of carbonyl (C=O) groups is 2. The van der Waals surface area contributed by atoms with Crippen LogP contribution in [0.1, 0.15) is 40.5 Å². The van der Waals surface area contributed by atoms with Gasteiger partial charge in [-0.2, -0.15) is 0 Å². The number of rotatable bonds is 6. The third-order valence-electron chi connectivity index (χ3n) is 5.87. The highest BCUT2D eigenvalue weighted by Crippen LogP contribution is 2.26. The van der Waals surface area contributed by atoms with E-state index in [2.05, 4.69) is 29.4 Å². The molecule has 0 amide bonds. The first kappa shape index (κ1) is 25.0. The Morgan fingerprint density at radius 3 is 2.35 bits per heavy atom. The van der Waals surface area contributed by atoms with Gasteiger partial charge in [-0.25, -0.2) is 0 Å². The third-order valence-corrected chi connectivity index (χ3v) is 5.87. The van der Waals surface area contributed by atoms with Crippen molar-refractivity contribution in [1.29, 1.82) is 0 Å². The summed E-state index contributed by atoms with van der Waals surface area (Å²) in [5.74, 6) is 0.726. The zero-order valence-electron chi connectivity index (χ0n) is 20.0. The molecule has 1 heterocycles. The SMILES string of the molecule is CN1CCC(Oc2ccc(O)c(C=O)c2)CC1.CNc1cc(-c2ccccc2)ccc1C(C)=O. The van der Waals surface area contributed by atoms with E-state index in [0.29, 0.717) is 12.0 Å². The van der Waals surface area contributed by atoms with Gasteiger partial charge in [0.25, 0.3) is 0 Å². The molecule has 34 heavy (non-hydrogen) atoms. The van der Waals surface area contributed by atoms with E-state index in [4.69, 9.17) is 4.74 Å². The molecule has 1 aliphatic rings. The maximum Gasteiger partial charge on any atom is 0.161 e. The quantitative estimate of drug-likeness (QED) is 0.385. The lowest BCUT2D eigenvalue weighted by molar-refractivity contribution is 0.101. The number of ketones is 1. The zero-order valence-corrected chi connectivity index (χ0v) is 20.0. The molecule has 0 unspecified atom stereocenters. The average Bonchev–Trinajstić information content (AvgIpc) is 2.87. The molecule has 1 fully saturated rings. The van der Waals surface area contributed by atoms with Crippen LogP contribution in [0.5, 0.6) is 11.5 Å². The molecular weight excluding hydrogens is 428 g/mol. The molecule has 0 aromatic heterocycles. The highest BCUT2D eigenvalue weighted by Gasteiger charge is 2.18. The number of anilines is 1. The van der Waals surface area contributed by atoms with Crippen molar-refractivity contribution < 1.29 is 19.4 Å². The molecular formula is C28H32N2O4. The lowest BCUT2D eigenvalue weighted by atomic mass is 10.0. The maximum atomic E-state index is 11.4.